The van der Waals surface area contributed by atoms with E-state index in [1.54, 1.807) is 7.11 Å². The minimum Gasteiger partial charge on any atom is -0.491 e. The summed E-state index contributed by atoms with van der Waals surface area (Å²) in [5.41, 5.74) is 8.36. The van der Waals surface area contributed by atoms with Crippen LogP contribution in [0.15, 0.2) is 18.2 Å². The van der Waals surface area contributed by atoms with E-state index < -0.39 is 0 Å². The predicted octanol–water partition coefficient (Wildman–Crippen LogP) is 2.32. The van der Waals surface area contributed by atoms with Crippen LogP contribution in [0.2, 0.25) is 0 Å². The molecule has 20 heavy (non-hydrogen) atoms. The van der Waals surface area contributed by atoms with E-state index in [0.717, 1.165) is 24.2 Å². The fraction of sp³-hybridized carbons (Fsp3) is 0.625. The summed E-state index contributed by atoms with van der Waals surface area (Å²) in [5, 5.41) is 0. The summed E-state index contributed by atoms with van der Waals surface area (Å²) in [6.07, 6.45) is 1.81. The Labute approximate surface area is 122 Å². The molecule has 0 heterocycles. The number of methoxy groups -OCH3 is 1. The van der Waals surface area contributed by atoms with E-state index in [1.165, 1.54) is 5.56 Å². The van der Waals surface area contributed by atoms with Gasteiger partial charge in [0.2, 0.25) is 0 Å². The van der Waals surface area contributed by atoms with Gasteiger partial charge in [0.15, 0.2) is 0 Å². The van der Waals surface area contributed by atoms with Gasteiger partial charge >= 0.3 is 0 Å². The molecule has 1 aromatic rings. The van der Waals surface area contributed by atoms with E-state index in [-0.39, 0.29) is 6.04 Å². The largest absolute Gasteiger partial charge is 0.491 e. The minimum absolute atomic E-state index is 0.178. The standard InChI is InChI=1S/C16H27NO3/c1-4-15(17)12-14-7-5-6-13(2)16(14)20-11-10-19-9-8-18-3/h5-7,15H,4,8-12,17H2,1-3H3. The van der Waals surface area contributed by atoms with Gasteiger partial charge in [-0.2, -0.15) is 0 Å². The SMILES string of the molecule is CCC(N)Cc1cccc(C)c1OCCOCCOC. The van der Waals surface area contributed by atoms with Crippen molar-refractivity contribution >= 4 is 0 Å². The van der Waals surface area contributed by atoms with Gasteiger partial charge in [-0.15, -0.1) is 0 Å². The van der Waals surface area contributed by atoms with E-state index >= 15 is 0 Å². The summed E-state index contributed by atoms with van der Waals surface area (Å²) in [5.74, 6) is 0.951. The van der Waals surface area contributed by atoms with Crippen LogP contribution in [0.4, 0.5) is 0 Å². The number of ether oxygens (including phenoxy) is 3. The van der Waals surface area contributed by atoms with Crippen molar-refractivity contribution in [1.82, 2.24) is 0 Å². The van der Waals surface area contributed by atoms with Gasteiger partial charge in [0.25, 0.3) is 0 Å². The van der Waals surface area contributed by atoms with Gasteiger partial charge in [-0.25, -0.2) is 0 Å². The second-order valence-electron chi connectivity index (χ2n) is 4.89. The number of benzene rings is 1. The molecule has 0 saturated carbocycles. The number of nitrogens with two attached hydrogens (primary N) is 1. The van der Waals surface area contributed by atoms with Gasteiger partial charge in [0, 0.05) is 13.2 Å². The van der Waals surface area contributed by atoms with Crippen molar-refractivity contribution in [1.29, 1.82) is 0 Å². The van der Waals surface area contributed by atoms with Crippen LogP contribution < -0.4 is 10.5 Å². The molecular weight excluding hydrogens is 254 g/mol. The molecule has 0 amide bonds. The van der Waals surface area contributed by atoms with Crippen LogP contribution in [0.25, 0.3) is 0 Å². The topological polar surface area (TPSA) is 53.7 Å². The lowest BCUT2D eigenvalue weighted by Gasteiger charge is -2.16. The van der Waals surface area contributed by atoms with Gasteiger partial charge in [-0.1, -0.05) is 25.1 Å². The van der Waals surface area contributed by atoms with Crippen LogP contribution in [0.5, 0.6) is 5.75 Å². The average molecular weight is 281 g/mol. The van der Waals surface area contributed by atoms with Crippen LogP contribution >= 0.6 is 0 Å². The Morgan fingerprint density at radius 1 is 1.15 bits per heavy atom. The number of hydrogen-bond acceptors (Lipinski definition) is 4. The first kappa shape index (κ1) is 17.0. The zero-order valence-corrected chi connectivity index (χ0v) is 12.9. The van der Waals surface area contributed by atoms with E-state index in [2.05, 4.69) is 32.0 Å². The lowest BCUT2D eigenvalue weighted by atomic mass is 10.0. The fourth-order valence-electron chi connectivity index (χ4n) is 1.95. The van der Waals surface area contributed by atoms with Crippen LogP contribution in [0.3, 0.4) is 0 Å². The molecule has 0 saturated heterocycles. The third-order valence-electron chi connectivity index (χ3n) is 3.21. The molecule has 1 rings (SSSR count). The third-order valence-corrected chi connectivity index (χ3v) is 3.21. The molecule has 2 N–H and O–H groups in total. The van der Waals surface area contributed by atoms with Crippen LogP contribution in [0.1, 0.15) is 24.5 Å². The van der Waals surface area contributed by atoms with Crippen LogP contribution in [-0.4, -0.2) is 39.6 Å². The Kier molecular flexibility index (Phi) is 8.26. The van der Waals surface area contributed by atoms with Crippen molar-refractivity contribution in [2.24, 2.45) is 5.73 Å². The van der Waals surface area contributed by atoms with E-state index in [0.29, 0.717) is 26.4 Å². The molecule has 0 radical (unpaired) electrons. The average Bonchev–Trinajstić information content (AvgIpc) is 2.45. The Balaban J connectivity index is 2.50. The molecule has 0 spiro atoms. The van der Waals surface area contributed by atoms with Crippen molar-refractivity contribution in [3.05, 3.63) is 29.3 Å². The highest BCUT2D eigenvalue weighted by Gasteiger charge is 2.10. The molecule has 0 fully saturated rings. The Bertz CT molecular complexity index is 382. The van der Waals surface area contributed by atoms with Crippen molar-refractivity contribution < 1.29 is 14.2 Å². The molecule has 0 aliphatic rings. The molecule has 1 unspecified atom stereocenters. The van der Waals surface area contributed by atoms with Gasteiger partial charge in [0.05, 0.1) is 19.8 Å². The maximum absolute atomic E-state index is 6.04. The Morgan fingerprint density at radius 2 is 1.90 bits per heavy atom. The normalized spacial score (nSPS) is 12.4. The molecular formula is C16H27NO3. The number of para-hydroxylation sites is 1. The monoisotopic (exact) mass is 281 g/mol. The first-order valence-corrected chi connectivity index (χ1v) is 7.22. The lowest BCUT2D eigenvalue weighted by molar-refractivity contribution is 0.0541. The van der Waals surface area contributed by atoms with Crippen molar-refractivity contribution in [2.45, 2.75) is 32.7 Å². The maximum atomic E-state index is 6.04. The highest BCUT2D eigenvalue weighted by Crippen LogP contribution is 2.24. The molecule has 0 bridgehead atoms. The molecule has 0 aromatic heterocycles. The number of hydrogen-bond donors (Lipinski definition) is 1. The van der Waals surface area contributed by atoms with E-state index in [9.17, 15) is 0 Å². The number of rotatable bonds is 10. The third kappa shape index (κ3) is 5.90. The molecule has 1 atom stereocenters. The Morgan fingerprint density at radius 3 is 2.60 bits per heavy atom. The van der Waals surface area contributed by atoms with Crippen molar-refractivity contribution in [3.63, 3.8) is 0 Å². The summed E-state index contributed by atoms with van der Waals surface area (Å²) in [4.78, 5) is 0. The highest BCUT2D eigenvalue weighted by atomic mass is 16.5. The quantitative estimate of drug-likeness (QED) is 0.669. The van der Waals surface area contributed by atoms with Crippen LogP contribution in [0, 0.1) is 6.92 Å². The van der Waals surface area contributed by atoms with E-state index in [4.69, 9.17) is 19.9 Å². The fourth-order valence-corrected chi connectivity index (χ4v) is 1.95. The molecule has 4 nitrogen and oxygen atoms in total. The summed E-state index contributed by atoms with van der Waals surface area (Å²) < 4.78 is 16.2. The summed E-state index contributed by atoms with van der Waals surface area (Å²) >= 11 is 0. The zero-order valence-electron chi connectivity index (χ0n) is 12.9. The first-order valence-electron chi connectivity index (χ1n) is 7.22. The maximum Gasteiger partial charge on any atom is 0.125 e. The Hall–Kier alpha value is -1.10. The molecule has 114 valence electrons. The van der Waals surface area contributed by atoms with Crippen molar-refractivity contribution in [2.75, 3.05) is 33.5 Å². The molecule has 1 aromatic carbocycles. The zero-order chi connectivity index (χ0) is 14.8. The van der Waals surface area contributed by atoms with Crippen molar-refractivity contribution in [3.8, 4) is 5.75 Å². The molecule has 0 aliphatic carbocycles. The number of aryl methyl sites for hydroxylation is 1. The lowest BCUT2D eigenvalue weighted by Crippen LogP contribution is -2.22. The van der Waals surface area contributed by atoms with E-state index in [1.807, 2.05) is 0 Å². The predicted molar refractivity (Wildman–Crippen MR) is 81.3 cm³/mol. The van der Waals surface area contributed by atoms with Gasteiger partial charge in [0.1, 0.15) is 12.4 Å². The first-order chi connectivity index (χ1) is 9.69. The second kappa shape index (κ2) is 9.75. The van der Waals surface area contributed by atoms with Gasteiger partial charge in [-0.3, -0.25) is 0 Å². The highest BCUT2D eigenvalue weighted by molar-refractivity contribution is 5.41. The summed E-state index contributed by atoms with van der Waals surface area (Å²) in [6.45, 7) is 6.48. The van der Waals surface area contributed by atoms with Gasteiger partial charge < -0.3 is 19.9 Å². The molecule has 4 heteroatoms. The smallest absolute Gasteiger partial charge is 0.125 e. The molecule has 0 aliphatic heterocycles. The van der Waals surface area contributed by atoms with Crippen LogP contribution in [-0.2, 0) is 15.9 Å². The summed E-state index contributed by atoms with van der Waals surface area (Å²) in [7, 11) is 1.66. The second-order valence-corrected chi connectivity index (χ2v) is 4.89. The van der Waals surface area contributed by atoms with Gasteiger partial charge in [-0.05, 0) is 30.9 Å². The summed E-state index contributed by atoms with van der Waals surface area (Å²) in [6, 6.07) is 6.37. The minimum atomic E-state index is 0.178.